The van der Waals surface area contributed by atoms with Crippen molar-refractivity contribution in [3.05, 3.63) is 46.7 Å². The van der Waals surface area contributed by atoms with Crippen molar-refractivity contribution < 1.29 is 4.79 Å². The largest absolute Gasteiger partial charge is 0.294 e. The van der Waals surface area contributed by atoms with Crippen molar-refractivity contribution in [1.29, 1.82) is 0 Å². The van der Waals surface area contributed by atoms with Gasteiger partial charge in [0, 0.05) is 11.5 Å². The van der Waals surface area contributed by atoms with E-state index in [-0.39, 0.29) is 11.7 Å². The van der Waals surface area contributed by atoms with E-state index in [0.29, 0.717) is 0 Å². The standard InChI is InChI=1S/C14H14OS/c1-10(2)14(15)12-5-3-11(4-6-12)13-7-8-16-9-13/h3-10H,1-2H3. The summed E-state index contributed by atoms with van der Waals surface area (Å²) in [7, 11) is 0. The van der Waals surface area contributed by atoms with E-state index in [2.05, 4.69) is 16.8 Å². The lowest BCUT2D eigenvalue weighted by Crippen LogP contribution is -2.06. The van der Waals surface area contributed by atoms with Crippen molar-refractivity contribution in [2.45, 2.75) is 13.8 Å². The Kier molecular flexibility index (Phi) is 3.20. The van der Waals surface area contributed by atoms with Crippen LogP contribution in [0.3, 0.4) is 0 Å². The summed E-state index contributed by atoms with van der Waals surface area (Å²) < 4.78 is 0. The van der Waals surface area contributed by atoms with Gasteiger partial charge in [-0.2, -0.15) is 11.3 Å². The van der Waals surface area contributed by atoms with Crippen LogP contribution in [-0.4, -0.2) is 5.78 Å². The molecule has 0 radical (unpaired) electrons. The van der Waals surface area contributed by atoms with Crippen LogP contribution in [0.15, 0.2) is 41.1 Å². The van der Waals surface area contributed by atoms with Crippen LogP contribution in [0.2, 0.25) is 0 Å². The maximum Gasteiger partial charge on any atom is 0.165 e. The molecule has 2 heteroatoms. The maximum absolute atomic E-state index is 11.7. The summed E-state index contributed by atoms with van der Waals surface area (Å²) in [5.74, 6) is 0.267. The predicted molar refractivity (Wildman–Crippen MR) is 68.9 cm³/mol. The van der Waals surface area contributed by atoms with Gasteiger partial charge in [0.2, 0.25) is 0 Å². The first-order valence-electron chi connectivity index (χ1n) is 5.35. The first-order chi connectivity index (χ1) is 7.68. The highest BCUT2D eigenvalue weighted by atomic mass is 32.1. The molecule has 1 aromatic heterocycles. The molecule has 0 spiro atoms. The Bertz CT molecular complexity index is 466. The van der Waals surface area contributed by atoms with Gasteiger partial charge in [0.25, 0.3) is 0 Å². The van der Waals surface area contributed by atoms with E-state index >= 15 is 0 Å². The Hall–Kier alpha value is -1.41. The number of benzene rings is 1. The van der Waals surface area contributed by atoms with Crippen LogP contribution in [0.5, 0.6) is 0 Å². The molecule has 0 aliphatic heterocycles. The number of ketones is 1. The minimum absolute atomic E-state index is 0.0620. The summed E-state index contributed by atoms with van der Waals surface area (Å²) in [5, 5.41) is 4.17. The van der Waals surface area contributed by atoms with E-state index in [1.54, 1.807) is 11.3 Å². The van der Waals surface area contributed by atoms with Gasteiger partial charge in [-0.25, -0.2) is 0 Å². The zero-order chi connectivity index (χ0) is 11.5. The molecule has 2 rings (SSSR count). The lowest BCUT2D eigenvalue weighted by Gasteiger charge is -2.04. The van der Waals surface area contributed by atoms with Gasteiger partial charge in [-0.05, 0) is 28.0 Å². The fourth-order valence-electron chi connectivity index (χ4n) is 1.59. The second-order valence-electron chi connectivity index (χ2n) is 4.11. The number of carbonyl (C=O) groups excluding carboxylic acids is 1. The summed E-state index contributed by atoms with van der Waals surface area (Å²) in [5.41, 5.74) is 3.18. The summed E-state index contributed by atoms with van der Waals surface area (Å²) >= 11 is 1.68. The number of carbonyl (C=O) groups is 1. The van der Waals surface area contributed by atoms with Gasteiger partial charge in [-0.15, -0.1) is 0 Å². The normalized spacial score (nSPS) is 10.7. The van der Waals surface area contributed by atoms with Crippen LogP contribution >= 0.6 is 11.3 Å². The quantitative estimate of drug-likeness (QED) is 0.720. The molecule has 1 heterocycles. The van der Waals surface area contributed by atoms with Gasteiger partial charge in [0.05, 0.1) is 0 Å². The third kappa shape index (κ3) is 2.22. The highest BCUT2D eigenvalue weighted by Gasteiger charge is 2.09. The first kappa shape index (κ1) is 11.1. The Morgan fingerprint density at radius 1 is 1.06 bits per heavy atom. The Morgan fingerprint density at radius 3 is 2.25 bits per heavy atom. The SMILES string of the molecule is CC(C)C(=O)c1ccc(-c2ccsc2)cc1. The smallest absolute Gasteiger partial charge is 0.165 e. The van der Waals surface area contributed by atoms with Crippen molar-refractivity contribution in [1.82, 2.24) is 0 Å². The lowest BCUT2D eigenvalue weighted by atomic mass is 9.99. The van der Waals surface area contributed by atoms with Gasteiger partial charge in [-0.1, -0.05) is 38.1 Å². The van der Waals surface area contributed by atoms with E-state index in [0.717, 1.165) is 5.56 Å². The molecule has 16 heavy (non-hydrogen) atoms. The zero-order valence-electron chi connectivity index (χ0n) is 9.44. The molecule has 0 saturated heterocycles. The maximum atomic E-state index is 11.7. The monoisotopic (exact) mass is 230 g/mol. The minimum Gasteiger partial charge on any atom is -0.294 e. The molecule has 0 unspecified atom stereocenters. The van der Waals surface area contributed by atoms with E-state index in [1.807, 2.05) is 38.1 Å². The first-order valence-corrected chi connectivity index (χ1v) is 6.29. The molecule has 2 aromatic rings. The van der Waals surface area contributed by atoms with Crippen LogP contribution < -0.4 is 0 Å². The number of thiophene rings is 1. The third-order valence-electron chi connectivity index (χ3n) is 2.55. The molecule has 0 atom stereocenters. The summed E-state index contributed by atoms with van der Waals surface area (Å²) in [6.45, 7) is 3.85. The molecule has 0 amide bonds. The van der Waals surface area contributed by atoms with E-state index in [9.17, 15) is 4.79 Å². The molecule has 0 fully saturated rings. The molecule has 0 aliphatic carbocycles. The summed E-state index contributed by atoms with van der Waals surface area (Å²) in [4.78, 5) is 11.7. The Balaban J connectivity index is 2.27. The van der Waals surface area contributed by atoms with Gasteiger partial charge in [0.15, 0.2) is 5.78 Å². The molecule has 82 valence electrons. The summed E-state index contributed by atoms with van der Waals surface area (Å²) in [6, 6.07) is 9.93. The van der Waals surface area contributed by atoms with E-state index in [1.165, 1.54) is 11.1 Å². The number of rotatable bonds is 3. The zero-order valence-corrected chi connectivity index (χ0v) is 10.3. The topological polar surface area (TPSA) is 17.1 Å². The summed E-state index contributed by atoms with van der Waals surface area (Å²) in [6.07, 6.45) is 0. The molecule has 0 N–H and O–H groups in total. The molecule has 0 bridgehead atoms. The number of hydrogen-bond acceptors (Lipinski definition) is 2. The molecule has 0 saturated carbocycles. The fourth-order valence-corrected chi connectivity index (χ4v) is 2.25. The van der Waals surface area contributed by atoms with Gasteiger partial charge in [0.1, 0.15) is 0 Å². The second kappa shape index (κ2) is 4.62. The number of Topliss-reactive ketones (excluding diaryl/α,β-unsaturated/α-hetero) is 1. The molecular weight excluding hydrogens is 216 g/mol. The van der Waals surface area contributed by atoms with Gasteiger partial charge in [-0.3, -0.25) is 4.79 Å². The van der Waals surface area contributed by atoms with Crippen molar-refractivity contribution in [2.24, 2.45) is 5.92 Å². The molecular formula is C14H14OS. The highest BCUT2D eigenvalue weighted by Crippen LogP contribution is 2.22. The van der Waals surface area contributed by atoms with E-state index in [4.69, 9.17) is 0 Å². The average molecular weight is 230 g/mol. The molecule has 0 aliphatic rings. The lowest BCUT2D eigenvalue weighted by molar-refractivity contribution is 0.0939. The van der Waals surface area contributed by atoms with Crippen molar-refractivity contribution in [2.75, 3.05) is 0 Å². The third-order valence-corrected chi connectivity index (χ3v) is 3.23. The molecule has 1 nitrogen and oxygen atoms in total. The highest BCUT2D eigenvalue weighted by molar-refractivity contribution is 7.08. The van der Waals surface area contributed by atoms with Gasteiger partial charge < -0.3 is 0 Å². The van der Waals surface area contributed by atoms with Crippen LogP contribution in [-0.2, 0) is 0 Å². The fraction of sp³-hybridized carbons (Fsp3) is 0.214. The Labute approximate surface area is 99.8 Å². The van der Waals surface area contributed by atoms with Crippen LogP contribution in [0.1, 0.15) is 24.2 Å². The average Bonchev–Trinajstić information content (AvgIpc) is 2.81. The van der Waals surface area contributed by atoms with Crippen LogP contribution in [0, 0.1) is 5.92 Å². The Morgan fingerprint density at radius 2 is 1.75 bits per heavy atom. The van der Waals surface area contributed by atoms with Crippen molar-refractivity contribution in [3.63, 3.8) is 0 Å². The minimum atomic E-state index is 0.0620. The second-order valence-corrected chi connectivity index (χ2v) is 4.89. The van der Waals surface area contributed by atoms with Gasteiger partial charge >= 0.3 is 0 Å². The predicted octanol–water partition coefficient (Wildman–Crippen LogP) is 4.25. The van der Waals surface area contributed by atoms with Crippen LogP contribution in [0.25, 0.3) is 11.1 Å². The van der Waals surface area contributed by atoms with Crippen molar-refractivity contribution in [3.8, 4) is 11.1 Å². The van der Waals surface area contributed by atoms with E-state index < -0.39 is 0 Å². The number of hydrogen-bond donors (Lipinski definition) is 0. The molecule has 1 aromatic carbocycles. The van der Waals surface area contributed by atoms with Crippen LogP contribution in [0.4, 0.5) is 0 Å². The van der Waals surface area contributed by atoms with Crippen molar-refractivity contribution >= 4 is 17.1 Å².